The quantitative estimate of drug-likeness (QED) is 0.577. The van der Waals surface area contributed by atoms with Gasteiger partial charge in [-0.25, -0.2) is 0 Å². The first kappa shape index (κ1) is 20.6. The third kappa shape index (κ3) is 2.85. The third-order valence-electron chi connectivity index (χ3n) is 9.62. The van der Waals surface area contributed by atoms with Gasteiger partial charge < -0.3 is 5.11 Å². The van der Waals surface area contributed by atoms with Gasteiger partial charge in [-0.3, -0.25) is 4.68 Å². The third-order valence-corrected chi connectivity index (χ3v) is 9.62. The minimum atomic E-state index is -4.36. The van der Waals surface area contributed by atoms with Crippen LogP contribution in [-0.2, 0) is 13.2 Å². The predicted molar refractivity (Wildman–Crippen MR) is 109 cm³/mol. The molecule has 1 aromatic rings. The molecule has 1 N–H and O–H groups in total. The fourth-order valence-electron chi connectivity index (χ4n) is 8.05. The van der Waals surface area contributed by atoms with Crippen molar-refractivity contribution in [1.82, 2.24) is 9.78 Å². The number of alkyl halides is 3. The Kier molecular flexibility index (Phi) is 4.53. The van der Waals surface area contributed by atoms with Gasteiger partial charge >= 0.3 is 6.18 Å². The Morgan fingerprint density at radius 1 is 1.10 bits per heavy atom. The molecule has 0 bridgehead atoms. The highest BCUT2D eigenvalue weighted by molar-refractivity contribution is 5.28. The maximum Gasteiger partial charge on any atom is 0.433 e. The van der Waals surface area contributed by atoms with Crippen molar-refractivity contribution in [3.05, 3.63) is 29.1 Å². The average molecular weight is 423 g/mol. The van der Waals surface area contributed by atoms with Gasteiger partial charge in [-0.15, -0.1) is 0 Å². The van der Waals surface area contributed by atoms with Crippen LogP contribution in [0.5, 0.6) is 0 Å². The summed E-state index contributed by atoms with van der Waals surface area (Å²) in [6.45, 7) is 4.73. The molecule has 7 atom stereocenters. The Hall–Kier alpha value is -1.30. The second-order valence-corrected chi connectivity index (χ2v) is 10.9. The Morgan fingerprint density at radius 2 is 1.87 bits per heavy atom. The summed E-state index contributed by atoms with van der Waals surface area (Å²) in [5.74, 6) is 1.89. The van der Waals surface area contributed by atoms with Gasteiger partial charge in [0.2, 0.25) is 0 Å². The van der Waals surface area contributed by atoms with Crippen molar-refractivity contribution in [2.24, 2.45) is 35.6 Å². The van der Waals surface area contributed by atoms with Crippen molar-refractivity contribution < 1.29 is 18.3 Å². The average Bonchev–Trinajstić information content (AvgIpc) is 3.21. The van der Waals surface area contributed by atoms with Crippen LogP contribution in [0.4, 0.5) is 13.2 Å². The van der Waals surface area contributed by atoms with Crippen LogP contribution in [0.1, 0.15) is 82.5 Å². The molecule has 30 heavy (non-hydrogen) atoms. The lowest BCUT2D eigenvalue weighted by molar-refractivity contribution is -0.143. The maximum atomic E-state index is 13.3. The Morgan fingerprint density at radius 3 is 2.57 bits per heavy atom. The van der Waals surface area contributed by atoms with E-state index in [0.29, 0.717) is 23.4 Å². The van der Waals surface area contributed by atoms with Crippen LogP contribution in [-0.4, -0.2) is 21.0 Å². The fraction of sp³-hybridized carbons (Fsp3) is 0.792. The molecule has 4 aliphatic carbocycles. The number of fused-ring (bicyclic) bond motifs is 5. The van der Waals surface area contributed by atoms with Gasteiger partial charge in [0.25, 0.3) is 0 Å². The van der Waals surface area contributed by atoms with E-state index >= 15 is 0 Å². The second-order valence-electron chi connectivity index (χ2n) is 10.9. The van der Waals surface area contributed by atoms with Crippen molar-refractivity contribution in [3.63, 3.8) is 0 Å². The molecule has 0 amide bonds. The van der Waals surface area contributed by atoms with Crippen LogP contribution in [0, 0.1) is 28.6 Å². The van der Waals surface area contributed by atoms with E-state index in [4.69, 9.17) is 0 Å². The number of nitrogens with zero attached hydrogens (tertiary/aromatic N) is 2. The summed E-state index contributed by atoms with van der Waals surface area (Å²) in [6.07, 6.45) is 5.89. The summed E-state index contributed by atoms with van der Waals surface area (Å²) < 4.78 is 41.0. The smallest absolute Gasteiger partial charge is 0.393 e. The lowest BCUT2D eigenvalue weighted by Crippen LogP contribution is -2.50. The van der Waals surface area contributed by atoms with Crippen LogP contribution in [0.25, 0.3) is 0 Å². The van der Waals surface area contributed by atoms with E-state index in [2.05, 4.69) is 25.0 Å². The SMILES string of the molecule is Cn1nc(C2CCC3C4CC=C5CC(O)CCC5(C)C4CCC23C)cc1C(F)(F)F. The largest absolute Gasteiger partial charge is 0.433 e. The fourth-order valence-corrected chi connectivity index (χ4v) is 8.05. The molecule has 3 saturated carbocycles. The molecule has 0 saturated heterocycles. The lowest BCUT2D eigenvalue weighted by Gasteiger charge is -2.58. The van der Waals surface area contributed by atoms with Crippen molar-refractivity contribution in [2.45, 2.75) is 83.4 Å². The van der Waals surface area contributed by atoms with Gasteiger partial charge in [-0.1, -0.05) is 25.5 Å². The minimum Gasteiger partial charge on any atom is -0.393 e. The van der Waals surface area contributed by atoms with Crippen molar-refractivity contribution >= 4 is 0 Å². The second kappa shape index (κ2) is 6.60. The van der Waals surface area contributed by atoms with Crippen LogP contribution in [0.2, 0.25) is 0 Å². The van der Waals surface area contributed by atoms with E-state index in [9.17, 15) is 18.3 Å². The van der Waals surface area contributed by atoms with Gasteiger partial charge in [0.1, 0.15) is 5.69 Å². The highest BCUT2D eigenvalue weighted by Crippen LogP contribution is 2.67. The molecule has 0 radical (unpaired) electrons. The Labute approximate surface area is 176 Å². The van der Waals surface area contributed by atoms with E-state index < -0.39 is 11.9 Å². The normalized spacial score (nSPS) is 43.6. The molecule has 5 rings (SSSR count). The minimum absolute atomic E-state index is 0.0221. The van der Waals surface area contributed by atoms with Crippen LogP contribution in [0.3, 0.4) is 0 Å². The number of aliphatic hydroxyl groups is 1. The molecule has 7 unspecified atom stereocenters. The zero-order chi connectivity index (χ0) is 21.5. The number of halogens is 3. The van der Waals surface area contributed by atoms with Crippen molar-refractivity contribution in [3.8, 4) is 0 Å². The zero-order valence-corrected chi connectivity index (χ0v) is 18.2. The number of rotatable bonds is 1. The van der Waals surface area contributed by atoms with Crippen LogP contribution < -0.4 is 0 Å². The highest BCUT2D eigenvalue weighted by Gasteiger charge is 2.59. The number of allylic oxidation sites excluding steroid dienone is 1. The highest BCUT2D eigenvalue weighted by atomic mass is 19.4. The molecule has 0 aliphatic heterocycles. The van der Waals surface area contributed by atoms with Gasteiger partial charge in [-0.2, -0.15) is 18.3 Å². The number of aliphatic hydroxyl groups excluding tert-OH is 1. The predicted octanol–water partition coefficient (Wildman–Crippen LogP) is 5.85. The Balaban J connectivity index is 1.45. The van der Waals surface area contributed by atoms with Crippen LogP contribution >= 0.6 is 0 Å². The first-order chi connectivity index (χ1) is 14.0. The summed E-state index contributed by atoms with van der Waals surface area (Å²) >= 11 is 0. The molecule has 1 heterocycles. The number of aryl methyl sites for hydroxylation is 1. The first-order valence-electron chi connectivity index (χ1n) is 11.5. The Bertz CT molecular complexity index is 874. The zero-order valence-electron chi connectivity index (χ0n) is 18.2. The van der Waals surface area contributed by atoms with Crippen LogP contribution in [0.15, 0.2) is 17.7 Å². The number of hydrogen-bond acceptors (Lipinski definition) is 2. The van der Waals surface area contributed by atoms with E-state index in [0.717, 1.165) is 56.0 Å². The molecule has 166 valence electrons. The monoisotopic (exact) mass is 422 g/mol. The van der Waals surface area contributed by atoms with Gasteiger partial charge in [-0.05, 0) is 86.0 Å². The van der Waals surface area contributed by atoms with E-state index in [1.807, 2.05) is 0 Å². The summed E-state index contributed by atoms with van der Waals surface area (Å²) in [5.41, 5.74) is 1.66. The number of aromatic nitrogens is 2. The van der Waals surface area contributed by atoms with Gasteiger partial charge in [0.15, 0.2) is 0 Å². The maximum absolute atomic E-state index is 13.3. The molecule has 6 heteroatoms. The number of hydrogen-bond donors (Lipinski definition) is 1. The van der Waals surface area contributed by atoms with Gasteiger partial charge in [0.05, 0.1) is 11.8 Å². The molecule has 0 spiro atoms. The molecule has 0 aromatic carbocycles. The summed E-state index contributed by atoms with van der Waals surface area (Å²) in [4.78, 5) is 0. The topological polar surface area (TPSA) is 38.0 Å². The van der Waals surface area contributed by atoms with Crippen molar-refractivity contribution in [2.75, 3.05) is 0 Å². The molecule has 4 aliphatic rings. The molecule has 3 fully saturated rings. The molecule has 3 nitrogen and oxygen atoms in total. The van der Waals surface area contributed by atoms with E-state index in [-0.39, 0.29) is 22.9 Å². The summed E-state index contributed by atoms with van der Waals surface area (Å²) in [5, 5.41) is 14.5. The summed E-state index contributed by atoms with van der Waals surface area (Å²) in [7, 11) is 1.41. The summed E-state index contributed by atoms with van der Waals surface area (Å²) in [6, 6.07) is 1.30. The lowest BCUT2D eigenvalue weighted by atomic mass is 9.47. The first-order valence-corrected chi connectivity index (χ1v) is 11.5. The molecule has 1 aromatic heterocycles. The standard InChI is InChI=1S/C24H33F3N2O/c1-22-10-8-15(30)12-14(22)4-5-16-17-6-7-19(23(17,2)11-9-18(16)22)20-13-21(24(25,26)27)29(3)28-20/h4,13,15-19,30H,5-12H2,1-3H3. The van der Waals surface area contributed by atoms with Gasteiger partial charge in [0, 0.05) is 13.0 Å². The van der Waals surface area contributed by atoms with E-state index in [1.54, 1.807) is 0 Å². The molecular weight excluding hydrogens is 389 g/mol. The van der Waals surface area contributed by atoms with E-state index in [1.165, 1.54) is 18.7 Å². The van der Waals surface area contributed by atoms with Crippen molar-refractivity contribution in [1.29, 1.82) is 0 Å². The molecular formula is C24H33F3N2O.